The van der Waals surface area contributed by atoms with Gasteiger partial charge in [-0.3, -0.25) is 9.78 Å². The van der Waals surface area contributed by atoms with Gasteiger partial charge in [0.05, 0.1) is 6.20 Å². The quantitative estimate of drug-likeness (QED) is 0.561. The Morgan fingerprint density at radius 1 is 1.13 bits per heavy atom. The van der Waals surface area contributed by atoms with Crippen LogP contribution in [0.4, 0.5) is 17.6 Å². The molecule has 1 aromatic carbocycles. The zero-order valence-electron chi connectivity index (χ0n) is 16.2. The molecule has 0 saturated heterocycles. The van der Waals surface area contributed by atoms with Gasteiger partial charge in [-0.1, -0.05) is 12.1 Å². The number of rotatable bonds is 7. The van der Waals surface area contributed by atoms with Gasteiger partial charge < -0.3 is 15.2 Å². The fraction of sp³-hybridized carbons (Fsp3) is 0.190. The summed E-state index contributed by atoms with van der Waals surface area (Å²) in [5.41, 5.74) is 5.20. The second kappa shape index (κ2) is 8.99. The largest absolute Gasteiger partial charge is 0.487 e. The summed E-state index contributed by atoms with van der Waals surface area (Å²) >= 11 is 0. The number of primary amides is 1. The molecule has 162 valence electrons. The smallest absolute Gasteiger partial charge is 0.433 e. The van der Waals surface area contributed by atoms with Crippen LogP contribution in [0.25, 0.3) is 11.1 Å². The highest BCUT2D eigenvalue weighted by Gasteiger charge is 2.32. The molecule has 6 nitrogen and oxygen atoms in total. The molecule has 0 fully saturated rings. The molecule has 0 aliphatic carbocycles. The van der Waals surface area contributed by atoms with Crippen LogP contribution in [0.5, 0.6) is 11.5 Å². The lowest BCUT2D eigenvalue weighted by molar-refractivity contribution is -0.141. The van der Waals surface area contributed by atoms with Crippen LogP contribution in [0.1, 0.15) is 23.1 Å². The highest BCUT2D eigenvalue weighted by molar-refractivity contribution is 5.92. The minimum absolute atomic E-state index is 0.00700. The third kappa shape index (κ3) is 5.68. The Labute approximate surface area is 174 Å². The van der Waals surface area contributed by atoms with Crippen molar-refractivity contribution in [3.8, 4) is 22.6 Å². The predicted molar refractivity (Wildman–Crippen MR) is 103 cm³/mol. The van der Waals surface area contributed by atoms with E-state index in [1.165, 1.54) is 42.6 Å². The lowest BCUT2D eigenvalue weighted by Crippen LogP contribution is -2.22. The molecule has 1 atom stereocenters. The topological polar surface area (TPSA) is 87.3 Å². The molecule has 3 aromatic rings. The third-order valence-corrected chi connectivity index (χ3v) is 4.11. The molecule has 2 N–H and O–H groups in total. The number of ether oxygens (including phenoxy) is 2. The number of hydrogen-bond donors (Lipinski definition) is 1. The maximum absolute atomic E-state index is 13.3. The van der Waals surface area contributed by atoms with Crippen LogP contribution >= 0.6 is 0 Å². The predicted octanol–water partition coefficient (Wildman–Crippen LogP) is 4.25. The zero-order chi connectivity index (χ0) is 22.6. The Morgan fingerprint density at radius 3 is 2.48 bits per heavy atom. The summed E-state index contributed by atoms with van der Waals surface area (Å²) in [5, 5.41) is 0. The number of halogens is 4. The molecule has 0 radical (unpaired) electrons. The molecular formula is C21H17F4N3O3. The lowest BCUT2D eigenvalue weighted by Gasteiger charge is -2.18. The van der Waals surface area contributed by atoms with E-state index in [2.05, 4.69) is 9.97 Å². The van der Waals surface area contributed by atoms with E-state index in [-0.39, 0.29) is 23.8 Å². The van der Waals surface area contributed by atoms with Crippen molar-refractivity contribution in [1.29, 1.82) is 0 Å². The van der Waals surface area contributed by atoms with E-state index in [1.54, 1.807) is 6.92 Å². The number of benzene rings is 1. The molecule has 0 aliphatic heterocycles. The van der Waals surface area contributed by atoms with Crippen LogP contribution in [-0.2, 0) is 6.18 Å². The van der Waals surface area contributed by atoms with Gasteiger partial charge in [0.15, 0.2) is 0 Å². The molecule has 1 unspecified atom stereocenters. The first-order chi connectivity index (χ1) is 14.6. The van der Waals surface area contributed by atoms with Gasteiger partial charge in [0.25, 0.3) is 5.91 Å². The van der Waals surface area contributed by atoms with E-state index in [1.807, 2.05) is 0 Å². The highest BCUT2D eigenvalue weighted by atomic mass is 19.4. The van der Waals surface area contributed by atoms with E-state index >= 15 is 0 Å². The number of carbonyl (C=O) groups excluding carboxylic acids is 1. The van der Waals surface area contributed by atoms with Crippen LogP contribution in [-0.4, -0.2) is 28.6 Å². The fourth-order valence-electron chi connectivity index (χ4n) is 2.66. The van der Waals surface area contributed by atoms with E-state index < -0.39 is 29.7 Å². The number of aromatic nitrogens is 2. The van der Waals surface area contributed by atoms with E-state index in [0.29, 0.717) is 11.1 Å². The summed E-state index contributed by atoms with van der Waals surface area (Å²) in [6.07, 6.45) is -2.93. The van der Waals surface area contributed by atoms with Gasteiger partial charge in [0.1, 0.15) is 41.4 Å². The Morgan fingerprint density at radius 2 is 1.84 bits per heavy atom. The molecule has 0 aliphatic rings. The van der Waals surface area contributed by atoms with Crippen molar-refractivity contribution in [2.75, 3.05) is 6.61 Å². The molecule has 31 heavy (non-hydrogen) atoms. The number of nitrogens with zero attached hydrogens (tertiary/aromatic N) is 2. The first-order valence-electron chi connectivity index (χ1n) is 9.02. The minimum atomic E-state index is -4.59. The number of nitrogens with two attached hydrogens (primary N) is 1. The lowest BCUT2D eigenvalue weighted by atomic mass is 10.0. The first-order valence-corrected chi connectivity index (χ1v) is 9.02. The van der Waals surface area contributed by atoms with Crippen LogP contribution in [0.15, 0.2) is 54.9 Å². The SMILES string of the molecule is CC(COc1cnc(C(N)=O)cc1-c1ccc(F)cc1)Oc1ccnc(C(F)(F)F)c1. The number of alkyl halides is 3. The van der Waals surface area contributed by atoms with Gasteiger partial charge in [-0.15, -0.1) is 0 Å². The summed E-state index contributed by atoms with van der Waals surface area (Å²) in [4.78, 5) is 18.7. The first kappa shape index (κ1) is 22.0. The van der Waals surface area contributed by atoms with Crippen LogP contribution in [0.2, 0.25) is 0 Å². The molecule has 0 bridgehead atoms. The summed E-state index contributed by atoms with van der Waals surface area (Å²) in [6, 6.07) is 9.00. The summed E-state index contributed by atoms with van der Waals surface area (Å²) in [6.45, 7) is 1.56. The van der Waals surface area contributed by atoms with Gasteiger partial charge >= 0.3 is 6.18 Å². The molecular weight excluding hydrogens is 418 g/mol. The van der Waals surface area contributed by atoms with Gasteiger partial charge in [0, 0.05) is 17.8 Å². The maximum Gasteiger partial charge on any atom is 0.433 e. The maximum atomic E-state index is 13.3. The Balaban J connectivity index is 1.76. The highest BCUT2D eigenvalue weighted by Crippen LogP contribution is 2.31. The molecule has 0 saturated carbocycles. The summed E-state index contributed by atoms with van der Waals surface area (Å²) < 4.78 is 62.8. The Hall–Kier alpha value is -3.69. The Kier molecular flexibility index (Phi) is 6.38. The minimum Gasteiger partial charge on any atom is -0.487 e. The van der Waals surface area contributed by atoms with Crippen molar-refractivity contribution < 1.29 is 31.8 Å². The summed E-state index contributed by atoms with van der Waals surface area (Å²) in [7, 11) is 0. The Bertz CT molecular complexity index is 1070. The van der Waals surface area contributed by atoms with E-state index in [9.17, 15) is 22.4 Å². The fourth-order valence-corrected chi connectivity index (χ4v) is 2.66. The molecule has 10 heteroatoms. The van der Waals surface area contributed by atoms with Gasteiger partial charge in [-0.2, -0.15) is 13.2 Å². The number of amides is 1. The van der Waals surface area contributed by atoms with Gasteiger partial charge in [-0.25, -0.2) is 9.37 Å². The summed E-state index contributed by atoms with van der Waals surface area (Å²) in [5.74, 6) is -0.935. The number of carbonyl (C=O) groups is 1. The molecule has 2 heterocycles. The average Bonchev–Trinajstić information content (AvgIpc) is 2.72. The van der Waals surface area contributed by atoms with Crippen LogP contribution < -0.4 is 15.2 Å². The van der Waals surface area contributed by atoms with E-state index in [4.69, 9.17) is 15.2 Å². The molecule has 1 amide bonds. The molecule has 2 aromatic heterocycles. The second-order valence-corrected chi connectivity index (χ2v) is 6.55. The monoisotopic (exact) mass is 435 g/mol. The van der Waals surface area contributed by atoms with Crippen molar-refractivity contribution in [1.82, 2.24) is 9.97 Å². The van der Waals surface area contributed by atoms with Gasteiger partial charge in [-0.05, 0) is 36.8 Å². The van der Waals surface area contributed by atoms with Crippen molar-refractivity contribution in [2.24, 2.45) is 5.73 Å². The number of pyridine rings is 2. The van der Waals surface area contributed by atoms with E-state index in [0.717, 1.165) is 12.3 Å². The van der Waals surface area contributed by atoms with Crippen molar-refractivity contribution >= 4 is 5.91 Å². The molecule has 3 rings (SSSR count). The zero-order valence-corrected chi connectivity index (χ0v) is 16.2. The van der Waals surface area contributed by atoms with Crippen LogP contribution in [0.3, 0.4) is 0 Å². The van der Waals surface area contributed by atoms with Gasteiger partial charge in [0.2, 0.25) is 0 Å². The third-order valence-electron chi connectivity index (χ3n) is 4.11. The number of hydrogen-bond acceptors (Lipinski definition) is 5. The van der Waals surface area contributed by atoms with Crippen molar-refractivity contribution in [3.05, 3.63) is 72.1 Å². The normalized spacial score (nSPS) is 12.3. The van der Waals surface area contributed by atoms with Crippen molar-refractivity contribution in [3.63, 3.8) is 0 Å². The van der Waals surface area contributed by atoms with Crippen molar-refractivity contribution in [2.45, 2.75) is 19.2 Å². The molecule has 0 spiro atoms. The average molecular weight is 435 g/mol. The second-order valence-electron chi connectivity index (χ2n) is 6.55. The van der Waals surface area contributed by atoms with Crippen LogP contribution in [0, 0.1) is 5.82 Å². The standard InChI is InChI=1S/C21H17F4N3O3/c1-12(31-15-6-7-27-19(8-15)21(23,24)25)11-30-18-10-28-17(20(26)29)9-16(18)13-2-4-14(22)5-3-13/h2-10,12H,11H2,1H3,(H2,26,29).